The number of benzene rings is 2. The number of nitrogens with one attached hydrogen (secondary N) is 1. The highest BCUT2D eigenvalue weighted by atomic mass is 32.2. The minimum absolute atomic E-state index is 0.0154. The second-order valence-electron chi connectivity index (χ2n) is 9.68. The highest BCUT2D eigenvalue weighted by Gasteiger charge is 2.33. The minimum atomic E-state index is -1.03. The molecule has 2 aromatic carbocycles. The molecule has 0 spiro atoms. The summed E-state index contributed by atoms with van der Waals surface area (Å²) in [7, 11) is 0. The van der Waals surface area contributed by atoms with Gasteiger partial charge in [-0.25, -0.2) is 9.97 Å². The monoisotopic (exact) mass is 585 g/mol. The molecule has 2 aromatic heterocycles. The molecule has 0 saturated carbocycles. The van der Waals surface area contributed by atoms with Crippen LogP contribution in [0.1, 0.15) is 28.6 Å². The molecule has 2 aliphatic heterocycles. The Hall–Kier alpha value is -4.84. The molecule has 214 valence electrons. The number of ether oxygens (including phenoxy) is 4. The zero-order chi connectivity index (χ0) is 29.1. The molecule has 2 amide bonds. The molecular weight excluding hydrogens is 558 g/mol. The normalized spacial score (nSPS) is 13.5. The van der Waals surface area contributed by atoms with Crippen LogP contribution in [0.4, 0.5) is 5.69 Å². The summed E-state index contributed by atoms with van der Waals surface area (Å²) in [5.74, 6) is 1.51. The van der Waals surface area contributed by atoms with Gasteiger partial charge in [0.05, 0.1) is 5.75 Å². The van der Waals surface area contributed by atoms with E-state index in [1.54, 1.807) is 54.9 Å². The molecule has 42 heavy (non-hydrogen) atoms. The van der Waals surface area contributed by atoms with Crippen LogP contribution in [0.2, 0.25) is 0 Å². The van der Waals surface area contributed by atoms with Crippen molar-refractivity contribution in [2.24, 2.45) is 0 Å². The molecule has 11 nitrogen and oxygen atoms in total. The summed E-state index contributed by atoms with van der Waals surface area (Å²) in [6.45, 7) is 4.09. The molecule has 12 heteroatoms. The van der Waals surface area contributed by atoms with Crippen LogP contribution in [0, 0.1) is 13.8 Å². The van der Waals surface area contributed by atoms with Crippen molar-refractivity contribution in [2.75, 3.05) is 24.7 Å². The maximum Gasteiger partial charge on any atom is 0.251 e. The van der Waals surface area contributed by atoms with Gasteiger partial charge in [0.2, 0.25) is 19.5 Å². The third-order valence-electron chi connectivity index (χ3n) is 6.60. The number of anilines is 1. The fourth-order valence-corrected chi connectivity index (χ4v) is 5.56. The molecule has 2 aliphatic rings. The van der Waals surface area contributed by atoms with Crippen molar-refractivity contribution < 1.29 is 28.5 Å². The Kier molecular flexibility index (Phi) is 7.78. The Morgan fingerprint density at radius 3 is 2.31 bits per heavy atom. The third-order valence-corrected chi connectivity index (χ3v) is 7.43. The lowest BCUT2D eigenvalue weighted by Gasteiger charge is -2.31. The van der Waals surface area contributed by atoms with Crippen LogP contribution in [0.3, 0.4) is 0 Å². The predicted molar refractivity (Wildman–Crippen MR) is 154 cm³/mol. The van der Waals surface area contributed by atoms with Gasteiger partial charge >= 0.3 is 0 Å². The molecule has 0 aliphatic carbocycles. The topological polar surface area (TPSA) is 125 Å². The Morgan fingerprint density at radius 2 is 1.60 bits per heavy atom. The predicted octanol–water partition coefficient (Wildman–Crippen LogP) is 4.45. The summed E-state index contributed by atoms with van der Waals surface area (Å²) in [5.41, 5.74) is 3.45. The van der Waals surface area contributed by atoms with Crippen molar-refractivity contribution in [1.82, 2.24) is 19.9 Å². The second kappa shape index (κ2) is 12.0. The molecule has 0 fully saturated rings. The van der Waals surface area contributed by atoms with E-state index in [1.165, 1.54) is 16.7 Å². The van der Waals surface area contributed by atoms with Crippen molar-refractivity contribution in [1.29, 1.82) is 0 Å². The molecule has 0 saturated heterocycles. The van der Waals surface area contributed by atoms with Crippen LogP contribution in [0.25, 0.3) is 0 Å². The molecule has 0 radical (unpaired) electrons. The molecule has 6 rings (SSSR count). The van der Waals surface area contributed by atoms with Gasteiger partial charge in [0, 0.05) is 42.1 Å². The van der Waals surface area contributed by atoms with Gasteiger partial charge in [-0.15, -0.1) is 0 Å². The Labute approximate surface area is 246 Å². The highest BCUT2D eigenvalue weighted by molar-refractivity contribution is 7.99. The lowest BCUT2D eigenvalue weighted by Crippen LogP contribution is -2.41. The SMILES string of the molecule is Cc1cc(C)nc(SCC(=O)N(Cc2cccnc2)[C@@H](C(=O)Nc2ccc3c(c2)OCO3)c2ccc3c(c2)OCO3)n1. The van der Waals surface area contributed by atoms with Crippen LogP contribution in [-0.2, 0) is 16.1 Å². The third kappa shape index (κ3) is 6.08. The minimum Gasteiger partial charge on any atom is -0.454 e. The number of thioether (sulfide) groups is 1. The summed E-state index contributed by atoms with van der Waals surface area (Å²) >= 11 is 1.22. The van der Waals surface area contributed by atoms with Gasteiger partial charge in [-0.1, -0.05) is 23.9 Å². The van der Waals surface area contributed by atoms with Gasteiger partial charge < -0.3 is 29.2 Å². The van der Waals surface area contributed by atoms with Gasteiger partial charge in [-0.2, -0.15) is 0 Å². The number of aromatic nitrogens is 3. The van der Waals surface area contributed by atoms with Gasteiger partial charge in [-0.3, -0.25) is 14.6 Å². The van der Waals surface area contributed by atoms with E-state index in [2.05, 4.69) is 20.3 Å². The Balaban J connectivity index is 1.35. The molecule has 4 aromatic rings. The van der Waals surface area contributed by atoms with E-state index in [-0.39, 0.29) is 31.8 Å². The summed E-state index contributed by atoms with van der Waals surface area (Å²) in [5, 5.41) is 3.45. The van der Waals surface area contributed by atoms with Crippen molar-refractivity contribution in [2.45, 2.75) is 31.6 Å². The first-order valence-corrected chi connectivity index (χ1v) is 14.1. The van der Waals surface area contributed by atoms with Crippen LogP contribution in [-0.4, -0.2) is 51.0 Å². The van der Waals surface area contributed by atoms with Crippen molar-refractivity contribution in [3.05, 3.63) is 89.5 Å². The molecular formula is C30H27N5O6S. The van der Waals surface area contributed by atoms with E-state index in [9.17, 15) is 9.59 Å². The standard InChI is InChI=1S/C30H27N5O6S/c1-18-10-19(2)33-30(32-18)42-15-27(36)35(14-20-4-3-9-31-13-20)28(21-5-7-23-25(11-21)40-16-38-23)29(37)34-22-6-8-24-26(12-22)41-17-39-24/h3-13,28H,14-17H2,1-2H3,(H,34,37)/t28-/m1/s1. The van der Waals surface area contributed by atoms with E-state index in [4.69, 9.17) is 18.9 Å². The molecule has 0 unspecified atom stereocenters. The molecule has 4 heterocycles. The largest absolute Gasteiger partial charge is 0.454 e. The summed E-state index contributed by atoms with van der Waals surface area (Å²) in [4.78, 5) is 42.8. The average molecular weight is 586 g/mol. The van der Waals surface area contributed by atoms with E-state index < -0.39 is 11.9 Å². The fourth-order valence-electron chi connectivity index (χ4n) is 4.72. The number of aryl methyl sites for hydroxylation is 2. The Morgan fingerprint density at radius 1 is 0.905 bits per heavy atom. The second-order valence-corrected chi connectivity index (χ2v) is 10.6. The van der Waals surface area contributed by atoms with Crippen molar-refractivity contribution in [3.8, 4) is 23.0 Å². The number of carbonyl (C=O) groups excluding carboxylic acids is 2. The number of hydrogen-bond donors (Lipinski definition) is 1. The number of amides is 2. The zero-order valence-corrected chi connectivity index (χ0v) is 23.7. The highest BCUT2D eigenvalue weighted by Crippen LogP contribution is 2.38. The number of pyridine rings is 1. The van der Waals surface area contributed by atoms with Crippen LogP contribution in [0.5, 0.6) is 23.0 Å². The van der Waals surface area contributed by atoms with Crippen molar-refractivity contribution >= 4 is 29.3 Å². The number of rotatable bonds is 9. The first-order valence-electron chi connectivity index (χ1n) is 13.2. The number of hydrogen-bond acceptors (Lipinski definition) is 10. The first kappa shape index (κ1) is 27.3. The van der Waals surface area contributed by atoms with E-state index in [1.807, 2.05) is 26.0 Å². The van der Waals surface area contributed by atoms with E-state index in [0.717, 1.165) is 17.0 Å². The number of nitrogens with zero attached hydrogens (tertiary/aromatic N) is 4. The van der Waals surface area contributed by atoms with Crippen LogP contribution in [0.15, 0.2) is 72.1 Å². The molecule has 0 bridgehead atoms. The number of carbonyl (C=O) groups is 2. The van der Waals surface area contributed by atoms with Crippen LogP contribution >= 0.6 is 11.8 Å². The average Bonchev–Trinajstić information content (AvgIpc) is 3.65. The van der Waals surface area contributed by atoms with Gasteiger partial charge in [0.15, 0.2) is 28.2 Å². The molecule has 1 N–H and O–H groups in total. The number of fused-ring (bicyclic) bond motifs is 2. The smallest absolute Gasteiger partial charge is 0.251 e. The van der Waals surface area contributed by atoms with E-state index in [0.29, 0.717) is 39.4 Å². The van der Waals surface area contributed by atoms with Gasteiger partial charge in [0.1, 0.15) is 6.04 Å². The quantitative estimate of drug-likeness (QED) is 0.223. The first-order chi connectivity index (χ1) is 20.4. The van der Waals surface area contributed by atoms with Crippen LogP contribution < -0.4 is 24.3 Å². The Bertz CT molecular complexity index is 1620. The lowest BCUT2D eigenvalue weighted by atomic mass is 10.0. The molecule has 1 atom stereocenters. The lowest BCUT2D eigenvalue weighted by molar-refractivity contribution is -0.137. The fraction of sp³-hybridized carbons (Fsp3) is 0.233. The summed E-state index contributed by atoms with van der Waals surface area (Å²) in [6.07, 6.45) is 3.33. The summed E-state index contributed by atoms with van der Waals surface area (Å²) < 4.78 is 22.0. The maximum absolute atomic E-state index is 14.1. The maximum atomic E-state index is 14.1. The summed E-state index contributed by atoms with van der Waals surface area (Å²) in [6, 6.07) is 14.9. The zero-order valence-electron chi connectivity index (χ0n) is 22.9. The van der Waals surface area contributed by atoms with Crippen molar-refractivity contribution in [3.63, 3.8) is 0 Å². The van der Waals surface area contributed by atoms with E-state index >= 15 is 0 Å². The van der Waals surface area contributed by atoms with Gasteiger partial charge in [0.25, 0.3) is 5.91 Å². The van der Waals surface area contributed by atoms with Gasteiger partial charge in [-0.05, 0) is 61.4 Å².